The maximum Gasteiger partial charge on any atom is 0.258 e. The second-order valence-corrected chi connectivity index (χ2v) is 12.5. The number of carbonyl (C=O) groups is 1. The van der Waals surface area contributed by atoms with Crippen LogP contribution < -0.4 is 10.6 Å². The minimum Gasteiger partial charge on any atom is -0.324 e. The number of hydrogen-bond acceptors (Lipinski definition) is 7. The van der Waals surface area contributed by atoms with Crippen molar-refractivity contribution in [2.24, 2.45) is 0 Å². The molecule has 226 valence electrons. The predicted molar refractivity (Wildman–Crippen MR) is 169 cm³/mol. The third-order valence-electron chi connectivity index (χ3n) is 7.06. The molecule has 0 fully saturated rings. The molecule has 0 aliphatic rings. The number of rotatable bonds is 9. The molecule has 0 saturated heterocycles. The van der Waals surface area contributed by atoms with Crippen LogP contribution in [-0.2, 0) is 15.6 Å². The fraction of sp³-hybridized carbons (Fsp3) is 0.0909. The van der Waals surface area contributed by atoms with Gasteiger partial charge in [0, 0.05) is 35.1 Å². The van der Waals surface area contributed by atoms with Crippen molar-refractivity contribution in [2.75, 3.05) is 16.4 Å². The first-order valence-electron chi connectivity index (χ1n) is 13.9. The van der Waals surface area contributed by atoms with Gasteiger partial charge in [-0.15, -0.1) is 0 Å². The van der Waals surface area contributed by atoms with Crippen molar-refractivity contribution in [3.05, 3.63) is 126 Å². The first kappa shape index (κ1) is 29.6. The molecule has 3 aromatic carbocycles. The van der Waals surface area contributed by atoms with E-state index in [1.165, 1.54) is 0 Å². The van der Waals surface area contributed by atoms with E-state index in [-0.39, 0.29) is 11.5 Å². The van der Waals surface area contributed by atoms with Crippen molar-refractivity contribution in [1.82, 2.24) is 19.6 Å². The van der Waals surface area contributed by atoms with E-state index >= 15 is 0 Å². The fourth-order valence-electron chi connectivity index (χ4n) is 4.80. The van der Waals surface area contributed by atoms with Crippen LogP contribution in [0.1, 0.15) is 22.8 Å². The maximum absolute atomic E-state index is 14.2. The number of fused-ring (bicyclic) bond motifs is 1. The predicted octanol–water partition coefficient (Wildman–Crippen LogP) is 6.67. The van der Waals surface area contributed by atoms with Crippen molar-refractivity contribution in [1.29, 1.82) is 0 Å². The van der Waals surface area contributed by atoms with Gasteiger partial charge in [0.15, 0.2) is 9.84 Å². The van der Waals surface area contributed by atoms with Crippen LogP contribution in [0, 0.1) is 11.6 Å². The lowest BCUT2D eigenvalue weighted by molar-refractivity contribution is 0.102. The molecule has 3 aromatic heterocycles. The van der Waals surface area contributed by atoms with Crippen LogP contribution in [-0.4, -0.2) is 39.7 Å². The van der Waals surface area contributed by atoms with E-state index in [4.69, 9.17) is 10.1 Å². The third-order valence-corrected chi connectivity index (χ3v) is 8.71. The molecule has 12 heteroatoms. The monoisotopic (exact) mass is 624 g/mol. The summed E-state index contributed by atoms with van der Waals surface area (Å²) in [6.45, 7) is 1.62. The second-order valence-electron chi connectivity index (χ2n) is 10.2. The quantitative estimate of drug-likeness (QED) is 0.185. The zero-order valence-corrected chi connectivity index (χ0v) is 24.7. The molecular weight excluding hydrogens is 598 g/mol. The van der Waals surface area contributed by atoms with Crippen molar-refractivity contribution < 1.29 is 22.0 Å². The number of halogens is 2. The van der Waals surface area contributed by atoms with Gasteiger partial charge >= 0.3 is 0 Å². The van der Waals surface area contributed by atoms with E-state index < -0.39 is 32.9 Å². The molecule has 0 aliphatic heterocycles. The normalized spacial score (nSPS) is 11.4. The Labute approximate surface area is 257 Å². The molecule has 6 rings (SSSR count). The number of benzene rings is 3. The van der Waals surface area contributed by atoms with Gasteiger partial charge in [0.1, 0.15) is 17.3 Å². The highest BCUT2D eigenvalue weighted by Crippen LogP contribution is 2.35. The number of pyridine rings is 1. The fourth-order valence-corrected chi connectivity index (χ4v) is 5.70. The van der Waals surface area contributed by atoms with Gasteiger partial charge in [-0.1, -0.05) is 37.3 Å². The summed E-state index contributed by atoms with van der Waals surface area (Å²) < 4.78 is 53.6. The Morgan fingerprint density at radius 1 is 0.911 bits per heavy atom. The van der Waals surface area contributed by atoms with Crippen molar-refractivity contribution in [3.8, 4) is 22.5 Å². The maximum atomic E-state index is 14.2. The molecule has 0 aliphatic carbocycles. The van der Waals surface area contributed by atoms with Gasteiger partial charge in [-0.3, -0.25) is 4.79 Å². The van der Waals surface area contributed by atoms with Crippen molar-refractivity contribution >= 4 is 38.6 Å². The number of anilines is 3. The molecule has 9 nitrogen and oxygen atoms in total. The van der Waals surface area contributed by atoms with E-state index in [9.17, 15) is 22.0 Å². The van der Waals surface area contributed by atoms with Crippen LogP contribution in [0.5, 0.6) is 0 Å². The molecular formula is C33H26F2N6O3S. The SMILES string of the molecule is CCS(=O)(=O)Cc1ccc(Nc2nccc(-c3c(-c4cccc(NC(=O)c5cc(F)ccc5F)c4)nn4ccccc34)n2)cc1. The summed E-state index contributed by atoms with van der Waals surface area (Å²) in [6.07, 6.45) is 3.43. The molecule has 1 amide bonds. The molecule has 0 radical (unpaired) electrons. The summed E-state index contributed by atoms with van der Waals surface area (Å²) in [5.41, 5.74) is 4.61. The lowest BCUT2D eigenvalue weighted by Gasteiger charge is -2.10. The zero-order chi connectivity index (χ0) is 31.6. The topological polar surface area (TPSA) is 118 Å². The Morgan fingerprint density at radius 3 is 2.53 bits per heavy atom. The largest absolute Gasteiger partial charge is 0.324 e. The number of nitrogens with zero attached hydrogens (tertiary/aromatic N) is 4. The van der Waals surface area contributed by atoms with Crippen molar-refractivity contribution in [3.63, 3.8) is 0 Å². The highest BCUT2D eigenvalue weighted by Gasteiger charge is 2.19. The minimum absolute atomic E-state index is 0.0279. The summed E-state index contributed by atoms with van der Waals surface area (Å²) in [5, 5.41) is 10.6. The van der Waals surface area contributed by atoms with Gasteiger partial charge in [0.05, 0.1) is 28.1 Å². The molecule has 0 unspecified atom stereocenters. The molecule has 0 spiro atoms. The molecule has 0 bridgehead atoms. The van der Waals surface area contributed by atoms with Gasteiger partial charge in [0.25, 0.3) is 5.91 Å². The highest BCUT2D eigenvalue weighted by atomic mass is 32.2. The van der Waals surface area contributed by atoms with Gasteiger partial charge < -0.3 is 10.6 Å². The number of carbonyl (C=O) groups excluding carboxylic acids is 1. The Hall–Kier alpha value is -5.49. The average Bonchev–Trinajstić information content (AvgIpc) is 3.43. The van der Waals surface area contributed by atoms with Crippen LogP contribution >= 0.6 is 0 Å². The zero-order valence-electron chi connectivity index (χ0n) is 23.9. The van der Waals surface area contributed by atoms with E-state index in [2.05, 4.69) is 15.6 Å². The second kappa shape index (κ2) is 12.2. The molecule has 45 heavy (non-hydrogen) atoms. The van der Waals surface area contributed by atoms with Crippen LogP contribution in [0.2, 0.25) is 0 Å². The van der Waals surface area contributed by atoms with Crippen LogP contribution in [0.3, 0.4) is 0 Å². The summed E-state index contributed by atoms with van der Waals surface area (Å²) >= 11 is 0. The Bertz CT molecular complexity index is 2150. The van der Waals surface area contributed by atoms with E-state index in [1.807, 2.05) is 24.3 Å². The van der Waals surface area contributed by atoms with Gasteiger partial charge in [0.2, 0.25) is 5.95 Å². The van der Waals surface area contributed by atoms with Gasteiger partial charge in [-0.25, -0.2) is 31.7 Å². The number of aromatic nitrogens is 4. The summed E-state index contributed by atoms with van der Waals surface area (Å²) in [5.74, 6) is -1.97. The number of hydrogen-bond donors (Lipinski definition) is 2. The first-order valence-corrected chi connectivity index (χ1v) is 15.8. The summed E-state index contributed by atoms with van der Waals surface area (Å²) in [4.78, 5) is 21.9. The molecule has 6 aromatic rings. The minimum atomic E-state index is -3.15. The third kappa shape index (κ3) is 6.55. The molecule has 0 saturated carbocycles. The number of amides is 1. The lowest BCUT2D eigenvalue weighted by atomic mass is 10.0. The van der Waals surface area contributed by atoms with Crippen molar-refractivity contribution in [2.45, 2.75) is 12.7 Å². The summed E-state index contributed by atoms with van der Waals surface area (Å²) in [6, 6.07) is 24.0. The Balaban J connectivity index is 1.32. The van der Waals surface area contributed by atoms with E-state index in [0.29, 0.717) is 45.4 Å². The molecule has 0 atom stereocenters. The molecule has 3 heterocycles. The average molecular weight is 625 g/mol. The summed E-state index contributed by atoms with van der Waals surface area (Å²) in [7, 11) is -3.15. The Morgan fingerprint density at radius 2 is 1.73 bits per heavy atom. The van der Waals surface area contributed by atoms with Gasteiger partial charge in [-0.2, -0.15) is 5.10 Å². The first-order chi connectivity index (χ1) is 21.7. The standard InChI is InChI=1S/C33H26F2N6O3S/c1-2-45(43,44)20-21-9-12-24(13-10-21)38-33-36-16-15-28(39-33)30-29-8-3-4-17-41(29)40-31(30)22-6-5-7-25(18-22)37-32(42)26-19-23(34)11-14-27(26)35/h3-19H,2,20H2,1H3,(H,37,42)(H,36,38,39). The smallest absolute Gasteiger partial charge is 0.258 e. The van der Waals surface area contributed by atoms with E-state index in [0.717, 1.165) is 23.7 Å². The Kier molecular flexibility index (Phi) is 8.05. The highest BCUT2D eigenvalue weighted by molar-refractivity contribution is 7.90. The van der Waals surface area contributed by atoms with Crippen LogP contribution in [0.4, 0.5) is 26.1 Å². The van der Waals surface area contributed by atoms with Crippen LogP contribution in [0.15, 0.2) is 103 Å². The number of sulfone groups is 1. The van der Waals surface area contributed by atoms with Gasteiger partial charge in [-0.05, 0) is 66.2 Å². The lowest BCUT2D eigenvalue weighted by Crippen LogP contribution is -2.14. The van der Waals surface area contributed by atoms with Crippen LogP contribution in [0.25, 0.3) is 28.0 Å². The number of nitrogens with one attached hydrogen (secondary N) is 2. The molecule has 2 N–H and O–H groups in total. The van der Waals surface area contributed by atoms with E-state index in [1.54, 1.807) is 72.4 Å².